The zero-order valence-corrected chi connectivity index (χ0v) is 5.96. The predicted molar refractivity (Wildman–Crippen MR) is 33.5 cm³/mol. The number of methoxy groups -OCH3 is 1. The average molecular weight is 137 g/mol. The fourth-order valence-electron chi connectivity index (χ4n) is 0.242. The molecule has 0 amide bonds. The van der Waals surface area contributed by atoms with E-state index in [4.69, 9.17) is 4.78 Å². The smallest absolute Gasteiger partial charge is 0.0586 e. The van der Waals surface area contributed by atoms with Gasteiger partial charge in [-0.3, -0.25) is 8.99 Å². The summed E-state index contributed by atoms with van der Waals surface area (Å²) >= 11 is 0. The fraction of sp³-hybridized carbons (Fsp3) is 1.00. The van der Waals surface area contributed by atoms with Crippen molar-refractivity contribution in [3.63, 3.8) is 0 Å². The Balaban J connectivity index is 3.42. The summed E-state index contributed by atoms with van der Waals surface area (Å²) < 4.78 is 22.0. The lowest BCUT2D eigenvalue weighted by Gasteiger charge is -1.96. The minimum absolute atomic E-state index is 0.337. The number of hydrogen-bond donors (Lipinski definition) is 1. The Bertz CT molecular complexity index is 138. The summed E-state index contributed by atoms with van der Waals surface area (Å²) in [5.74, 6) is 0.337. The van der Waals surface area contributed by atoms with Gasteiger partial charge in [0.15, 0.2) is 0 Å². The molecule has 3 nitrogen and oxygen atoms in total. The first-order valence-electron chi connectivity index (χ1n) is 2.26. The summed E-state index contributed by atoms with van der Waals surface area (Å²) in [7, 11) is -0.778. The first kappa shape index (κ1) is 7.91. The van der Waals surface area contributed by atoms with Crippen LogP contribution in [0.25, 0.3) is 0 Å². The molecule has 8 heavy (non-hydrogen) atoms. The normalized spacial score (nSPS) is 17.8. The van der Waals surface area contributed by atoms with Gasteiger partial charge in [-0.2, -0.15) is 0 Å². The van der Waals surface area contributed by atoms with Gasteiger partial charge in [0.2, 0.25) is 0 Å². The van der Waals surface area contributed by atoms with Gasteiger partial charge in [-0.25, -0.2) is 0 Å². The van der Waals surface area contributed by atoms with E-state index >= 15 is 0 Å². The highest BCUT2D eigenvalue weighted by atomic mass is 32.2. The van der Waals surface area contributed by atoms with Crippen LogP contribution in [0, 0.1) is 4.78 Å². The Morgan fingerprint density at radius 1 is 1.75 bits per heavy atom. The standard InChI is InChI=1S/C4H11NO2S/c1-7-3-4-8(2,5)6/h5H,3-4H2,1-2H3/t8-/m1/s1. The number of hydrogen-bond acceptors (Lipinski definition) is 3. The molecular weight excluding hydrogens is 126 g/mol. The molecule has 0 radical (unpaired) electrons. The Labute approximate surface area is 50.0 Å². The van der Waals surface area contributed by atoms with Crippen LogP contribution in [0.1, 0.15) is 0 Å². The van der Waals surface area contributed by atoms with Crippen molar-refractivity contribution in [2.24, 2.45) is 0 Å². The summed E-state index contributed by atoms with van der Waals surface area (Å²) in [4.78, 5) is 0. The zero-order chi connectivity index (χ0) is 6.62. The third-order valence-electron chi connectivity index (χ3n) is 0.677. The molecule has 0 unspecified atom stereocenters. The molecule has 0 bridgehead atoms. The molecule has 0 aromatic carbocycles. The molecule has 1 atom stereocenters. The van der Waals surface area contributed by atoms with Crippen LogP contribution in [-0.4, -0.2) is 29.9 Å². The van der Waals surface area contributed by atoms with Crippen LogP contribution in [0.5, 0.6) is 0 Å². The highest BCUT2D eigenvalue weighted by molar-refractivity contribution is 7.91. The van der Waals surface area contributed by atoms with Crippen LogP contribution >= 0.6 is 0 Å². The van der Waals surface area contributed by atoms with Crippen molar-refractivity contribution >= 4 is 9.73 Å². The maximum Gasteiger partial charge on any atom is 0.0586 e. The Hall–Kier alpha value is -0.0900. The summed E-state index contributed by atoms with van der Waals surface area (Å²) in [5.41, 5.74) is 0. The molecule has 0 aliphatic rings. The lowest BCUT2D eigenvalue weighted by molar-refractivity contribution is 0.218. The van der Waals surface area contributed by atoms with Crippen LogP contribution in [0.4, 0.5) is 0 Å². The Kier molecular flexibility index (Phi) is 3.01. The summed E-state index contributed by atoms with van der Waals surface area (Å²) in [6, 6.07) is 0. The topological polar surface area (TPSA) is 50.1 Å². The molecule has 0 aromatic rings. The van der Waals surface area contributed by atoms with Gasteiger partial charge in [-0.05, 0) is 0 Å². The van der Waals surface area contributed by atoms with Crippen LogP contribution in [-0.2, 0) is 14.5 Å². The van der Waals surface area contributed by atoms with E-state index in [1.165, 1.54) is 13.4 Å². The number of rotatable bonds is 3. The van der Waals surface area contributed by atoms with Crippen molar-refractivity contribution in [2.75, 3.05) is 25.7 Å². The highest BCUT2D eigenvalue weighted by Gasteiger charge is 1.93. The van der Waals surface area contributed by atoms with Crippen molar-refractivity contribution in [1.82, 2.24) is 0 Å². The third-order valence-corrected chi connectivity index (χ3v) is 1.62. The van der Waals surface area contributed by atoms with Gasteiger partial charge in [-0.15, -0.1) is 0 Å². The van der Waals surface area contributed by atoms with Crippen LogP contribution < -0.4 is 0 Å². The molecule has 50 valence electrons. The van der Waals surface area contributed by atoms with E-state index in [9.17, 15) is 4.21 Å². The van der Waals surface area contributed by atoms with Crippen molar-refractivity contribution in [2.45, 2.75) is 0 Å². The van der Waals surface area contributed by atoms with Crippen molar-refractivity contribution in [3.8, 4) is 0 Å². The maximum absolute atomic E-state index is 10.5. The lowest BCUT2D eigenvalue weighted by atomic mass is 10.9. The summed E-state index contributed by atoms with van der Waals surface area (Å²) in [6.07, 6.45) is 1.41. The molecule has 1 N–H and O–H groups in total. The van der Waals surface area contributed by atoms with Gasteiger partial charge in [0.05, 0.1) is 12.4 Å². The van der Waals surface area contributed by atoms with Gasteiger partial charge in [0.25, 0.3) is 0 Å². The monoisotopic (exact) mass is 137 g/mol. The first-order valence-corrected chi connectivity index (χ1v) is 4.40. The summed E-state index contributed by atoms with van der Waals surface area (Å²) in [6.45, 7) is 0.416. The Morgan fingerprint density at radius 2 is 2.25 bits per heavy atom. The van der Waals surface area contributed by atoms with Crippen molar-refractivity contribution < 1.29 is 8.95 Å². The molecule has 0 spiro atoms. The second-order valence-corrected chi connectivity index (χ2v) is 4.12. The van der Waals surface area contributed by atoms with Crippen molar-refractivity contribution in [3.05, 3.63) is 0 Å². The number of nitrogens with one attached hydrogen (secondary N) is 1. The molecule has 0 fully saturated rings. The van der Waals surface area contributed by atoms with Crippen molar-refractivity contribution in [1.29, 1.82) is 4.78 Å². The first-order chi connectivity index (χ1) is 3.56. The van der Waals surface area contributed by atoms with Gasteiger partial charge >= 0.3 is 0 Å². The summed E-state index contributed by atoms with van der Waals surface area (Å²) in [5, 5.41) is 0. The molecule has 0 aromatic heterocycles. The van der Waals surface area contributed by atoms with E-state index in [1.807, 2.05) is 0 Å². The highest BCUT2D eigenvalue weighted by Crippen LogP contribution is 1.82. The Morgan fingerprint density at radius 3 is 2.38 bits per heavy atom. The fourth-order valence-corrected chi connectivity index (χ4v) is 0.727. The number of ether oxygens (including phenoxy) is 1. The molecule has 0 heterocycles. The quantitative estimate of drug-likeness (QED) is 0.608. The second-order valence-electron chi connectivity index (χ2n) is 1.70. The van der Waals surface area contributed by atoms with E-state index in [0.717, 1.165) is 0 Å². The van der Waals surface area contributed by atoms with Gasteiger partial charge in [0, 0.05) is 23.1 Å². The lowest BCUT2D eigenvalue weighted by Crippen LogP contribution is -2.06. The van der Waals surface area contributed by atoms with Crippen LogP contribution in [0.3, 0.4) is 0 Å². The molecular formula is C4H11NO2S. The minimum Gasteiger partial charge on any atom is -0.384 e. The van der Waals surface area contributed by atoms with E-state index in [1.54, 1.807) is 0 Å². The molecule has 0 saturated heterocycles. The maximum atomic E-state index is 10.5. The predicted octanol–water partition coefficient (Wildman–Crippen LogP) is 0.309. The largest absolute Gasteiger partial charge is 0.384 e. The SMILES string of the molecule is COCC[S@](C)(=N)=O. The van der Waals surface area contributed by atoms with Crippen LogP contribution in [0.2, 0.25) is 0 Å². The molecule has 0 saturated carbocycles. The van der Waals surface area contributed by atoms with Gasteiger partial charge in [0.1, 0.15) is 0 Å². The average Bonchev–Trinajstić information content (AvgIpc) is 1.59. The molecule has 0 rings (SSSR count). The third kappa shape index (κ3) is 5.91. The minimum atomic E-state index is -2.31. The van der Waals surface area contributed by atoms with E-state index in [0.29, 0.717) is 12.4 Å². The zero-order valence-electron chi connectivity index (χ0n) is 5.14. The molecule has 0 aliphatic heterocycles. The van der Waals surface area contributed by atoms with E-state index in [-0.39, 0.29) is 0 Å². The van der Waals surface area contributed by atoms with Crippen LogP contribution in [0.15, 0.2) is 0 Å². The molecule has 0 aliphatic carbocycles. The van der Waals surface area contributed by atoms with Gasteiger partial charge in [-0.1, -0.05) is 0 Å². The second kappa shape index (κ2) is 3.04. The molecule has 4 heteroatoms. The van der Waals surface area contributed by atoms with E-state index in [2.05, 4.69) is 4.74 Å². The van der Waals surface area contributed by atoms with Gasteiger partial charge < -0.3 is 4.74 Å². The van der Waals surface area contributed by atoms with E-state index < -0.39 is 9.73 Å².